The first-order valence-electron chi connectivity index (χ1n) is 13.2. The molecule has 2 nitrogen and oxygen atoms in total. The molecule has 0 radical (unpaired) electrons. The van der Waals surface area contributed by atoms with Crippen molar-refractivity contribution < 1.29 is 4.42 Å². The standard InChI is InChI=1S/C37H21NOS/c38-22-33-30(23-8-2-1-3-9-23)19-26(24-15-17-35-32(18-24)27-10-4-6-12-34(27)39-35)20-31(33)25-14-16-29-28-11-5-7-13-36(28)40-37(29)21-25/h1-21H. The first-order valence-corrected chi connectivity index (χ1v) is 14.1. The number of rotatable bonds is 3. The van der Waals surface area contributed by atoms with Gasteiger partial charge in [0.1, 0.15) is 17.2 Å². The lowest BCUT2D eigenvalue weighted by atomic mass is 9.88. The van der Waals surface area contributed by atoms with Crippen LogP contribution in [-0.4, -0.2) is 0 Å². The molecule has 0 amide bonds. The predicted molar refractivity (Wildman–Crippen MR) is 168 cm³/mol. The van der Waals surface area contributed by atoms with Gasteiger partial charge in [-0.05, 0) is 64.7 Å². The molecule has 40 heavy (non-hydrogen) atoms. The summed E-state index contributed by atoms with van der Waals surface area (Å²) < 4.78 is 8.59. The fraction of sp³-hybridized carbons (Fsp3) is 0. The molecule has 2 aromatic heterocycles. The van der Waals surface area contributed by atoms with E-state index in [4.69, 9.17) is 4.42 Å². The van der Waals surface area contributed by atoms with Crippen LogP contribution in [0.1, 0.15) is 5.56 Å². The summed E-state index contributed by atoms with van der Waals surface area (Å²) in [6.07, 6.45) is 0. The molecule has 0 saturated heterocycles. The fourth-order valence-electron chi connectivity index (χ4n) is 5.80. The molecule has 0 bridgehead atoms. The zero-order chi connectivity index (χ0) is 26.6. The topological polar surface area (TPSA) is 36.9 Å². The van der Waals surface area contributed by atoms with Gasteiger partial charge < -0.3 is 4.42 Å². The Morgan fingerprint density at radius 3 is 2.00 bits per heavy atom. The Morgan fingerprint density at radius 1 is 0.475 bits per heavy atom. The summed E-state index contributed by atoms with van der Waals surface area (Å²) in [6.45, 7) is 0. The summed E-state index contributed by atoms with van der Waals surface area (Å²) in [5, 5.41) is 15.2. The summed E-state index contributed by atoms with van der Waals surface area (Å²) in [5.41, 5.74) is 8.55. The van der Waals surface area contributed by atoms with Crippen molar-refractivity contribution in [1.29, 1.82) is 5.26 Å². The van der Waals surface area contributed by atoms with Crippen molar-refractivity contribution in [2.75, 3.05) is 0 Å². The maximum Gasteiger partial charge on any atom is 0.135 e. The van der Waals surface area contributed by atoms with Crippen molar-refractivity contribution in [3.05, 3.63) is 133 Å². The number of benzene rings is 6. The quantitative estimate of drug-likeness (QED) is 0.229. The molecule has 3 heteroatoms. The molecule has 0 atom stereocenters. The number of hydrogen-bond acceptors (Lipinski definition) is 3. The van der Waals surface area contributed by atoms with E-state index in [1.54, 1.807) is 11.3 Å². The van der Waals surface area contributed by atoms with Gasteiger partial charge in [0.2, 0.25) is 0 Å². The van der Waals surface area contributed by atoms with Gasteiger partial charge in [-0.15, -0.1) is 11.3 Å². The molecular weight excluding hydrogens is 506 g/mol. The van der Waals surface area contributed by atoms with E-state index >= 15 is 0 Å². The zero-order valence-electron chi connectivity index (χ0n) is 21.4. The zero-order valence-corrected chi connectivity index (χ0v) is 22.2. The van der Waals surface area contributed by atoms with Gasteiger partial charge in [0, 0.05) is 42.1 Å². The highest BCUT2D eigenvalue weighted by molar-refractivity contribution is 7.25. The van der Waals surface area contributed by atoms with E-state index in [0.29, 0.717) is 5.56 Å². The molecule has 0 unspecified atom stereocenters. The predicted octanol–water partition coefficient (Wildman–Crippen LogP) is 10.8. The van der Waals surface area contributed by atoms with Gasteiger partial charge in [-0.1, -0.05) is 84.9 Å². The molecule has 6 aromatic carbocycles. The van der Waals surface area contributed by atoms with Crippen LogP contribution in [0.4, 0.5) is 0 Å². The molecule has 186 valence electrons. The molecular formula is C37H21NOS. The molecule has 0 N–H and O–H groups in total. The van der Waals surface area contributed by atoms with E-state index in [1.165, 1.54) is 20.2 Å². The van der Waals surface area contributed by atoms with Gasteiger partial charge in [-0.3, -0.25) is 0 Å². The summed E-state index contributed by atoms with van der Waals surface area (Å²) in [5.74, 6) is 0. The third kappa shape index (κ3) is 3.55. The number of para-hydroxylation sites is 1. The summed E-state index contributed by atoms with van der Waals surface area (Å²) >= 11 is 1.80. The van der Waals surface area contributed by atoms with Crippen molar-refractivity contribution in [2.24, 2.45) is 0 Å². The first kappa shape index (κ1) is 22.8. The molecule has 0 spiro atoms. The molecule has 0 aliphatic heterocycles. The van der Waals surface area contributed by atoms with E-state index in [9.17, 15) is 5.26 Å². The lowest BCUT2D eigenvalue weighted by molar-refractivity contribution is 0.669. The van der Waals surface area contributed by atoms with Crippen LogP contribution in [-0.2, 0) is 0 Å². The van der Waals surface area contributed by atoms with Gasteiger partial charge in [0.05, 0.1) is 5.56 Å². The van der Waals surface area contributed by atoms with Crippen LogP contribution >= 0.6 is 11.3 Å². The Kier molecular flexibility index (Phi) is 5.10. The molecule has 0 saturated carbocycles. The highest BCUT2D eigenvalue weighted by Crippen LogP contribution is 2.41. The minimum Gasteiger partial charge on any atom is -0.456 e. The normalized spacial score (nSPS) is 11.5. The highest BCUT2D eigenvalue weighted by atomic mass is 32.1. The van der Waals surface area contributed by atoms with Crippen LogP contribution in [0.2, 0.25) is 0 Å². The first-order chi connectivity index (χ1) is 19.8. The van der Waals surface area contributed by atoms with Crippen molar-refractivity contribution in [3.63, 3.8) is 0 Å². The third-order valence-electron chi connectivity index (χ3n) is 7.73. The Labute approximate surface area is 235 Å². The van der Waals surface area contributed by atoms with Crippen molar-refractivity contribution in [2.45, 2.75) is 0 Å². The average Bonchev–Trinajstić information content (AvgIpc) is 3.58. The van der Waals surface area contributed by atoms with E-state index in [-0.39, 0.29) is 0 Å². The number of fused-ring (bicyclic) bond motifs is 6. The molecule has 0 aliphatic carbocycles. The third-order valence-corrected chi connectivity index (χ3v) is 8.87. The number of nitriles is 1. The minimum atomic E-state index is 0.685. The second-order valence-electron chi connectivity index (χ2n) is 10.0. The SMILES string of the molecule is N#Cc1c(-c2ccccc2)cc(-c2ccc3oc4ccccc4c3c2)cc1-c1ccc2c(c1)sc1ccccc12. The molecule has 8 aromatic rings. The lowest BCUT2D eigenvalue weighted by Crippen LogP contribution is -1.93. The maximum atomic E-state index is 10.5. The largest absolute Gasteiger partial charge is 0.456 e. The molecule has 0 fully saturated rings. The Balaban J connectivity index is 1.39. The monoisotopic (exact) mass is 527 g/mol. The van der Waals surface area contributed by atoms with E-state index in [1.807, 2.05) is 42.5 Å². The Hall–Kier alpha value is -5.17. The van der Waals surface area contributed by atoms with Gasteiger partial charge in [-0.2, -0.15) is 5.26 Å². The Morgan fingerprint density at radius 2 is 1.15 bits per heavy atom. The molecule has 2 heterocycles. The Bertz CT molecular complexity index is 2280. The molecule has 0 aliphatic rings. The number of furan rings is 1. The van der Waals surface area contributed by atoms with Gasteiger partial charge in [-0.25, -0.2) is 0 Å². The molecule has 8 rings (SSSR count). The lowest BCUT2D eigenvalue weighted by Gasteiger charge is -2.14. The summed E-state index contributed by atoms with van der Waals surface area (Å²) in [4.78, 5) is 0. The van der Waals surface area contributed by atoms with Crippen molar-refractivity contribution in [3.8, 4) is 39.4 Å². The van der Waals surface area contributed by atoms with Gasteiger partial charge in [0.15, 0.2) is 0 Å². The van der Waals surface area contributed by atoms with Gasteiger partial charge >= 0.3 is 0 Å². The van der Waals surface area contributed by atoms with E-state index in [0.717, 1.165) is 55.3 Å². The van der Waals surface area contributed by atoms with E-state index in [2.05, 4.69) is 91.0 Å². The summed E-state index contributed by atoms with van der Waals surface area (Å²) in [7, 11) is 0. The van der Waals surface area contributed by atoms with Gasteiger partial charge in [0.25, 0.3) is 0 Å². The number of hydrogen-bond donors (Lipinski definition) is 0. The van der Waals surface area contributed by atoms with E-state index < -0.39 is 0 Å². The van der Waals surface area contributed by atoms with Crippen LogP contribution in [0, 0.1) is 11.3 Å². The van der Waals surface area contributed by atoms with Crippen molar-refractivity contribution >= 4 is 53.4 Å². The minimum absolute atomic E-state index is 0.685. The fourth-order valence-corrected chi connectivity index (χ4v) is 6.95. The van der Waals surface area contributed by atoms with Crippen LogP contribution in [0.5, 0.6) is 0 Å². The van der Waals surface area contributed by atoms with Crippen LogP contribution in [0.3, 0.4) is 0 Å². The van der Waals surface area contributed by atoms with Crippen molar-refractivity contribution in [1.82, 2.24) is 0 Å². The highest BCUT2D eigenvalue weighted by Gasteiger charge is 2.17. The van der Waals surface area contributed by atoms with Crippen LogP contribution in [0.25, 0.3) is 75.5 Å². The number of nitrogens with zero attached hydrogens (tertiary/aromatic N) is 1. The number of thiophene rings is 1. The smallest absolute Gasteiger partial charge is 0.135 e. The second-order valence-corrected chi connectivity index (χ2v) is 11.1. The van der Waals surface area contributed by atoms with Crippen LogP contribution in [0.15, 0.2) is 132 Å². The van der Waals surface area contributed by atoms with Crippen LogP contribution < -0.4 is 0 Å². The maximum absolute atomic E-state index is 10.5. The average molecular weight is 528 g/mol. The second kappa shape index (κ2) is 8.95. The summed E-state index contributed by atoms with van der Waals surface area (Å²) in [6, 6.07) is 46.7.